The molecular formula is C23H22F4N4O4S. The van der Waals surface area contributed by atoms with E-state index in [9.17, 15) is 18.4 Å². The first kappa shape index (κ1) is 25.6. The molecule has 0 unspecified atom stereocenters. The van der Waals surface area contributed by atoms with Gasteiger partial charge in [0.25, 0.3) is 5.91 Å². The topological polar surface area (TPSA) is 74.4 Å². The van der Waals surface area contributed by atoms with Crippen molar-refractivity contribution in [2.75, 3.05) is 49.1 Å². The van der Waals surface area contributed by atoms with Gasteiger partial charge in [0, 0.05) is 30.8 Å². The van der Waals surface area contributed by atoms with Gasteiger partial charge in [0.1, 0.15) is 16.8 Å². The van der Waals surface area contributed by atoms with Crippen LogP contribution in [0.15, 0.2) is 42.5 Å². The number of ether oxygens (including phenoxy) is 1. The van der Waals surface area contributed by atoms with E-state index < -0.39 is 36.2 Å². The predicted molar refractivity (Wildman–Crippen MR) is 126 cm³/mol. The van der Waals surface area contributed by atoms with Crippen LogP contribution in [-0.2, 0) is 14.4 Å². The summed E-state index contributed by atoms with van der Waals surface area (Å²) in [5.41, 5.74) is 0.412. The van der Waals surface area contributed by atoms with E-state index in [1.165, 1.54) is 9.96 Å². The molecule has 4 rings (SSSR count). The quantitative estimate of drug-likeness (QED) is 0.458. The second kappa shape index (κ2) is 11.1. The third-order valence-electron chi connectivity index (χ3n) is 5.63. The lowest BCUT2D eigenvalue weighted by Gasteiger charge is -2.25. The van der Waals surface area contributed by atoms with Crippen molar-refractivity contribution in [1.29, 1.82) is 0 Å². The summed E-state index contributed by atoms with van der Waals surface area (Å²) in [7, 11) is 0. The summed E-state index contributed by atoms with van der Waals surface area (Å²) < 4.78 is 59.8. The first-order valence-electron chi connectivity index (χ1n) is 11.0. The number of thiocarbonyl (C=S) groups is 1. The van der Waals surface area contributed by atoms with E-state index in [-0.39, 0.29) is 50.7 Å². The summed E-state index contributed by atoms with van der Waals surface area (Å²) >= 11 is 5.48. The van der Waals surface area contributed by atoms with Crippen LogP contribution in [0, 0.1) is 11.6 Å². The van der Waals surface area contributed by atoms with Crippen molar-refractivity contribution in [3.05, 3.63) is 59.7 Å². The van der Waals surface area contributed by atoms with Crippen molar-refractivity contribution in [2.24, 2.45) is 0 Å². The maximum Gasteiger partial charge on any atom is 0.414 e. The first-order valence-corrected chi connectivity index (χ1v) is 11.4. The maximum absolute atomic E-state index is 15.1. The van der Waals surface area contributed by atoms with E-state index in [1.54, 1.807) is 0 Å². The van der Waals surface area contributed by atoms with E-state index in [4.69, 9.17) is 21.8 Å². The number of nitrogens with zero attached hydrogens (tertiary/aromatic N) is 3. The number of hydroxylamine groups is 2. The zero-order valence-corrected chi connectivity index (χ0v) is 19.7. The van der Waals surface area contributed by atoms with Crippen molar-refractivity contribution in [3.63, 3.8) is 0 Å². The number of amides is 2. The molecule has 0 radical (unpaired) electrons. The molecule has 1 atom stereocenters. The fraction of sp³-hybridized carbons (Fsp3) is 0.348. The predicted octanol–water partition coefficient (Wildman–Crippen LogP) is 3.10. The summed E-state index contributed by atoms with van der Waals surface area (Å²) in [5.74, 6) is -3.30. The standard InChI is InChI=1S/C23H22F4N4O4S/c24-17-10-15(30-13-16(35-23(30)33)12-28-21(32)20(26)27)11-18(25)19(17)29-6-7-31(34-9-8-29)22(36)14-4-2-1-3-5-14/h1-5,10-11,16,20H,6-9,12-13H2,(H,28,32)/t16-/m0/s1. The Labute approximate surface area is 209 Å². The third-order valence-corrected chi connectivity index (χ3v) is 6.07. The molecule has 8 nitrogen and oxygen atoms in total. The molecule has 2 saturated heterocycles. The minimum Gasteiger partial charge on any atom is -0.442 e. The normalized spacial score (nSPS) is 18.3. The van der Waals surface area contributed by atoms with Crippen molar-refractivity contribution in [3.8, 4) is 0 Å². The Kier molecular flexibility index (Phi) is 7.89. The fourth-order valence-electron chi connectivity index (χ4n) is 3.90. The van der Waals surface area contributed by atoms with Crippen LogP contribution in [0.5, 0.6) is 0 Å². The van der Waals surface area contributed by atoms with Crippen molar-refractivity contribution in [2.45, 2.75) is 12.5 Å². The number of cyclic esters (lactones) is 1. The zero-order chi connectivity index (χ0) is 25.8. The lowest BCUT2D eigenvalue weighted by Crippen LogP contribution is -2.37. The molecule has 192 valence electrons. The molecule has 2 aliphatic rings. The SMILES string of the molecule is O=C(NC[C@H]1CN(c2cc(F)c(N3CCON(C(=S)c4ccccc4)CC3)c(F)c2)C(=O)O1)C(F)F. The van der Waals surface area contributed by atoms with Crippen molar-refractivity contribution >= 4 is 40.6 Å². The number of nitrogens with one attached hydrogen (secondary N) is 1. The van der Waals surface area contributed by atoms with E-state index in [2.05, 4.69) is 0 Å². The number of halogens is 4. The Morgan fingerprint density at radius 1 is 1.11 bits per heavy atom. The van der Waals surface area contributed by atoms with Crippen LogP contribution in [0.25, 0.3) is 0 Å². The molecule has 1 N–H and O–H groups in total. The molecule has 0 spiro atoms. The second-order valence-corrected chi connectivity index (χ2v) is 8.40. The minimum atomic E-state index is -3.21. The van der Waals surface area contributed by atoms with E-state index >= 15 is 8.78 Å². The molecule has 0 bridgehead atoms. The molecule has 0 aliphatic carbocycles. The molecule has 0 aromatic heterocycles. The summed E-state index contributed by atoms with van der Waals surface area (Å²) in [6, 6.07) is 11.2. The molecule has 13 heteroatoms. The molecule has 2 aromatic carbocycles. The van der Waals surface area contributed by atoms with Crippen LogP contribution in [0.4, 0.5) is 33.7 Å². The van der Waals surface area contributed by atoms with Crippen LogP contribution < -0.4 is 15.1 Å². The highest BCUT2D eigenvalue weighted by molar-refractivity contribution is 7.80. The number of alkyl halides is 2. The highest BCUT2D eigenvalue weighted by atomic mass is 32.1. The Bertz CT molecular complexity index is 1120. The van der Waals surface area contributed by atoms with E-state index in [1.807, 2.05) is 35.6 Å². The van der Waals surface area contributed by atoms with Gasteiger partial charge in [-0.15, -0.1) is 0 Å². The van der Waals surface area contributed by atoms with E-state index in [0.717, 1.165) is 22.6 Å². The Morgan fingerprint density at radius 3 is 2.47 bits per heavy atom. The van der Waals surface area contributed by atoms with E-state index in [0.29, 0.717) is 4.99 Å². The number of hydrogen-bond acceptors (Lipinski definition) is 6. The molecule has 2 heterocycles. The summed E-state index contributed by atoms with van der Waals surface area (Å²) in [6.07, 6.45) is -5.07. The number of carbonyl (C=O) groups excluding carboxylic acids is 2. The van der Waals surface area contributed by atoms with Crippen LogP contribution in [0.2, 0.25) is 0 Å². The number of benzene rings is 2. The molecule has 0 saturated carbocycles. The molecule has 2 amide bonds. The summed E-state index contributed by atoms with van der Waals surface area (Å²) in [6.45, 7) is 0.279. The molecule has 2 aromatic rings. The third kappa shape index (κ3) is 5.68. The average molecular weight is 527 g/mol. The van der Waals surface area contributed by atoms with Crippen LogP contribution >= 0.6 is 12.2 Å². The monoisotopic (exact) mass is 526 g/mol. The Balaban J connectivity index is 1.43. The molecular weight excluding hydrogens is 504 g/mol. The van der Waals surface area contributed by atoms with Gasteiger partial charge < -0.3 is 15.0 Å². The molecule has 2 fully saturated rings. The lowest BCUT2D eigenvalue weighted by molar-refractivity contribution is -0.132. The number of rotatable bonds is 6. The van der Waals surface area contributed by atoms with Gasteiger partial charge in [-0.05, 0) is 0 Å². The van der Waals surface area contributed by atoms with Crippen LogP contribution in [0.1, 0.15) is 5.56 Å². The van der Waals surface area contributed by atoms with Gasteiger partial charge in [0.15, 0.2) is 11.6 Å². The summed E-state index contributed by atoms with van der Waals surface area (Å²) in [5, 5.41) is 3.46. The number of hydrogen-bond donors (Lipinski definition) is 1. The van der Waals surface area contributed by atoms with Gasteiger partial charge in [-0.3, -0.25) is 14.5 Å². The van der Waals surface area contributed by atoms with Crippen LogP contribution in [-0.4, -0.2) is 73.9 Å². The maximum atomic E-state index is 15.1. The van der Waals surface area contributed by atoms with Gasteiger partial charge in [0.05, 0.1) is 31.9 Å². The van der Waals surface area contributed by atoms with Crippen molar-refractivity contribution < 1.29 is 36.7 Å². The second-order valence-electron chi connectivity index (χ2n) is 8.01. The molecule has 36 heavy (non-hydrogen) atoms. The smallest absolute Gasteiger partial charge is 0.414 e. The average Bonchev–Trinajstić information content (AvgIpc) is 3.06. The highest BCUT2D eigenvalue weighted by Crippen LogP contribution is 2.31. The molecule has 2 aliphatic heterocycles. The van der Waals surface area contributed by atoms with Gasteiger partial charge in [-0.2, -0.15) is 8.78 Å². The van der Waals surface area contributed by atoms with Gasteiger partial charge in [-0.1, -0.05) is 42.5 Å². The van der Waals surface area contributed by atoms with Crippen LogP contribution in [0.3, 0.4) is 0 Å². The van der Waals surface area contributed by atoms with Gasteiger partial charge >= 0.3 is 12.5 Å². The zero-order valence-electron chi connectivity index (χ0n) is 18.8. The summed E-state index contributed by atoms with van der Waals surface area (Å²) in [4.78, 5) is 31.8. The van der Waals surface area contributed by atoms with Gasteiger partial charge in [-0.25, -0.2) is 18.6 Å². The Hall–Kier alpha value is -3.45. The fourth-order valence-corrected chi connectivity index (χ4v) is 4.18. The lowest BCUT2D eigenvalue weighted by atomic mass is 10.2. The number of anilines is 2. The van der Waals surface area contributed by atoms with Crippen molar-refractivity contribution in [1.82, 2.24) is 10.4 Å². The minimum absolute atomic E-state index is 0.0978. The van der Waals surface area contributed by atoms with Gasteiger partial charge in [0.2, 0.25) is 0 Å². The highest BCUT2D eigenvalue weighted by Gasteiger charge is 2.34. The Morgan fingerprint density at radius 2 is 1.81 bits per heavy atom. The first-order chi connectivity index (χ1) is 17.2. The largest absolute Gasteiger partial charge is 0.442 e. The number of carbonyl (C=O) groups is 2.